The van der Waals surface area contributed by atoms with Crippen molar-refractivity contribution in [1.82, 2.24) is 24.3 Å². The molecular weight excluding hydrogens is 364 g/mol. The third-order valence-corrected chi connectivity index (χ3v) is 5.93. The summed E-state index contributed by atoms with van der Waals surface area (Å²) in [5, 5.41) is 8.97. The Morgan fingerprint density at radius 1 is 1.21 bits per heavy atom. The standard InChI is InChI=1S/C22H20N6O/c1-14-7-9-27(22(29)16-4-2-15(10-23)3-5-16)13-18(14)21-26-12-17-11-25-20-19(28(17)21)6-8-24-20/h2-6,8,11-12,14,18,24H,7,9,13H2,1H3. The Morgan fingerprint density at radius 3 is 2.79 bits per heavy atom. The van der Waals surface area contributed by atoms with Gasteiger partial charge in [0.15, 0.2) is 5.65 Å². The first-order valence-corrected chi connectivity index (χ1v) is 9.74. The number of fused-ring (bicyclic) bond motifs is 3. The molecule has 144 valence electrons. The number of piperidine rings is 1. The Bertz CT molecular complexity index is 1250. The number of hydrogen-bond donors (Lipinski definition) is 1. The smallest absolute Gasteiger partial charge is 0.253 e. The number of amides is 1. The lowest BCUT2D eigenvalue weighted by molar-refractivity contribution is 0.0665. The van der Waals surface area contributed by atoms with Crippen LogP contribution in [0, 0.1) is 17.2 Å². The number of rotatable bonds is 2. The van der Waals surface area contributed by atoms with Crippen LogP contribution in [0.4, 0.5) is 0 Å². The Kier molecular flexibility index (Phi) is 4.06. The first-order valence-electron chi connectivity index (χ1n) is 9.74. The molecule has 4 aromatic rings. The van der Waals surface area contributed by atoms with Crippen molar-refractivity contribution in [3.8, 4) is 6.07 Å². The van der Waals surface area contributed by atoms with E-state index in [0.717, 1.165) is 35.5 Å². The van der Waals surface area contributed by atoms with Crippen molar-refractivity contribution < 1.29 is 4.79 Å². The van der Waals surface area contributed by atoms with E-state index in [2.05, 4.69) is 27.4 Å². The molecule has 1 amide bonds. The number of carbonyl (C=O) groups excluding carboxylic acids is 1. The average Bonchev–Trinajstić information content (AvgIpc) is 3.40. The number of likely N-dealkylation sites (tertiary alicyclic amines) is 1. The van der Waals surface area contributed by atoms with Gasteiger partial charge in [-0.1, -0.05) is 6.92 Å². The first kappa shape index (κ1) is 17.4. The predicted octanol–water partition coefficient (Wildman–Crippen LogP) is 3.35. The van der Waals surface area contributed by atoms with Gasteiger partial charge in [-0.25, -0.2) is 9.97 Å². The molecule has 2 unspecified atom stereocenters. The summed E-state index contributed by atoms with van der Waals surface area (Å²) in [4.78, 5) is 27.3. The van der Waals surface area contributed by atoms with E-state index in [1.165, 1.54) is 0 Å². The van der Waals surface area contributed by atoms with Gasteiger partial charge in [0.1, 0.15) is 5.82 Å². The number of aromatic nitrogens is 4. The topological polar surface area (TPSA) is 90.1 Å². The SMILES string of the molecule is CC1CCN(C(=O)c2ccc(C#N)cc2)CC1c1ncc2cnc3[nH]ccc3n12. The zero-order chi connectivity index (χ0) is 20.0. The van der Waals surface area contributed by atoms with E-state index in [4.69, 9.17) is 10.2 Å². The van der Waals surface area contributed by atoms with Gasteiger partial charge in [0.05, 0.1) is 35.1 Å². The second-order valence-electron chi connectivity index (χ2n) is 7.66. The van der Waals surface area contributed by atoms with Gasteiger partial charge in [-0.05, 0) is 42.7 Å². The van der Waals surface area contributed by atoms with Crippen molar-refractivity contribution >= 4 is 22.6 Å². The minimum absolute atomic E-state index is 0.000657. The van der Waals surface area contributed by atoms with Crippen LogP contribution in [0.2, 0.25) is 0 Å². The zero-order valence-electron chi connectivity index (χ0n) is 16.0. The van der Waals surface area contributed by atoms with Gasteiger partial charge in [0.25, 0.3) is 5.91 Å². The van der Waals surface area contributed by atoms with Gasteiger partial charge < -0.3 is 9.88 Å². The van der Waals surface area contributed by atoms with Crippen molar-refractivity contribution in [3.63, 3.8) is 0 Å². The summed E-state index contributed by atoms with van der Waals surface area (Å²) >= 11 is 0. The quantitative estimate of drug-likeness (QED) is 0.574. The Balaban J connectivity index is 1.49. The molecule has 7 heteroatoms. The fourth-order valence-corrected chi connectivity index (χ4v) is 4.22. The molecule has 1 aromatic carbocycles. The molecule has 0 bridgehead atoms. The lowest BCUT2D eigenvalue weighted by atomic mass is 9.86. The first-order chi connectivity index (χ1) is 14.2. The molecule has 7 nitrogen and oxygen atoms in total. The second-order valence-corrected chi connectivity index (χ2v) is 7.66. The number of carbonyl (C=O) groups is 1. The van der Waals surface area contributed by atoms with Crippen molar-refractivity contribution in [2.24, 2.45) is 5.92 Å². The largest absolute Gasteiger partial charge is 0.345 e. The van der Waals surface area contributed by atoms with Gasteiger partial charge >= 0.3 is 0 Å². The monoisotopic (exact) mass is 384 g/mol. The molecule has 0 saturated carbocycles. The van der Waals surface area contributed by atoms with Gasteiger partial charge in [0, 0.05) is 30.8 Å². The van der Waals surface area contributed by atoms with Crippen LogP contribution in [0.15, 0.2) is 48.9 Å². The summed E-state index contributed by atoms with van der Waals surface area (Å²) in [6.07, 6.45) is 6.47. The molecule has 0 spiro atoms. The van der Waals surface area contributed by atoms with E-state index in [-0.39, 0.29) is 11.8 Å². The van der Waals surface area contributed by atoms with Crippen LogP contribution >= 0.6 is 0 Å². The third kappa shape index (κ3) is 2.85. The van der Waals surface area contributed by atoms with Gasteiger partial charge in [-0.15, -0.1) is 0 Å². The van der Waals surface area contributed by atoms with Gasteiger partial charge in [0.2, 0.25) is 0 Å². The molecule has 29 heavy (non-hydrogen) atoms. The lowest BCUT2D eigenvalue weighted by Gasteiger charge is -2.36. The predicted molar refractivity (Wildman–Crippen MR) is 108 cm³/mol. The second kappa shape index (κ2) is 6.74. The summed E-state index contributed by atoms with van der Waals surface area (Å²) in [7, 11) is 0. The van der Waals surface area contributed by atoms with E-state index < -0.39 is 0 Å². The van der Waals surface area contributed by atoms with Crippen LogP contribution in [0.1, 0.15) is 41.0 Å². The Labute approximate surface area is 167 Å². The number of nitrogens with zero attached hydrogens (tertiary/aromatic N) is 5. The third-order valence-electron chi connectivity index (χ3n) is 5.93. The van der Waals surface area contributed by atoms with E-state index in [9.17, 15) is 4.79 Å². The maximum absolute atomic E-state index is 13.1. The van der Waals surface area contributed by atoms with E-state index in [1.807, 2.05) is 29.6 Å². The number of aromatic amines is 1. The average molecular weight is 384 g/mol. The van der Waals surface area contributed by atoms with Crippen molar-refractivity contribution in [2.75, 3.05) is 13.1 Å². The fourth-order valence-electron chi connectivity index (χ4n) is 4.22. The Hall–Kier alpha value is -3.66. The highest BCUT2D eigenvalue weighted by Gasteiger charge is 2.33. The maximum atomic E-state index is 13.1. The fraction of sp³-hybridized carbons (Fsp3) is 0.273. The summed E-state index contributed by atoms with van der Waals surface area (Å²) in [6, 6.07) is 10.9. The van der Waals surface area contributed by atoms with Crippen molar-refractivity contribution in [2.45, 2.75) is 19.3 Å². The molecule has 1 fully saturated rings. The highest BCUT2D eigenvalue weighted by atomic mass is 16.2. The molecule has 0 radical (unpaired) electrons. The minimum atomic E-state index is 0.000657. The molecule has 1 N–H and O–H groups in total. The lowest BCUT2D eigenvalue weighted by Crippen LogP contribution is -2.42. The molecule has 3 aromatic heterocycles. The van der Waals surface area contributed by atoms with E-state index in [1.54, 1.807) is 24.3 Å². The van der Waals surface area contributed by atoms with Crippen LogP contribution in [-0.4, -0.2) is 43.2 Å². The molecule has 1 saturated heterocycles. The number of imidazole rings is 1. The maximum Gasteiger partial charge on any atom is 0.253 e. The van der Waals surface area contributed by atoms with Crippen molar-refractivity contribution in [1.29, 1.82) is 5.26 Å². The summed E-state index contributed by atoms with van der Waals surface area (Å²) in [5.41, 5.74) is 3.94. The molecule has 5 rings (SSSR count). The number of nitrogens with one attached hydrogen (secondary N) is 1. The van der Waals surface area contributed by atoms with Crippen LogP contribution in [0.3, 0.4) is 0 Å². The Morgan fingerprint density at radius 2 is 2.00 bits per heavy atom. The minimum Gasteiger partial charge on any atom is -0.345 e. The molecule has 1 aliphatic heterocycles. The van der Waals surface area contributed by atoms with Crippen LogP contribution < -0.4 is 0 Å². The molecule has 4 heterocycles. The highest BCUT2D eigenvalue weighted by molar-refractivity contribution is 5.94. The summed E-state index contributed by atoms with van der Waals surface area (Å²) in [5.74, 6) is 1.51. The van der Waals surface area contributed by atoms with Crippen LogP contribution in [-0.2, 0) is 0 Å². The summed E-state index contributed by atoms with van der Waals surface area (Å²) < 4.78 is 2.15. The van der Waals surface area contributed by atoms with Crippen LogP contribution in [0.5, 0.6) is 0 Å². The van der Waals surface area contributed by atoms with E-state index in [0.29, 0.717) is 23.6 Å². The molecular formula is C22H20N6O. The van der Waals surface area contributed by atoms with Crippen molar-refractivity contribution in [3.05, 3.63) is 65.9 Å². The van der Waals surface area contributed by atoms with Gasteiger partial charge in [-0.2, -0.15) is 5.26 Å². The zero-order valence-corrected chi connectivity index (χ0v) is 16.0. The van der Waals surface area contributed by atoms with E-state index >= 15 is 0 Å². The normalized spacial score (nSPS) is 19.5. The summed E-state index contributed by atoms with van der Waals surface area (Å²) in [6.45, 7) is 3.57. The van der Waals surface area contributed by atoms with Gasteiger partial charge in [-0.3, -0.25) is 9.20 Å². The number of hydrogen-bond acceptors (Lipinski definition) is 4. The number of benzene rings is 1. The molecule has 0 aliphatic carbocycles. The van der Waals surface area contributed by atoms with Crippen LogP contribution in [0.25, 0.3) is 16.7 Å². The highest BCUT2D eigenvalue weighted by Crippen LogP contribution is 2.33. The molecule has 2 atom stereocenters. The number of nitriles is 1. The molecule has 1 aliphatic rings. The number of H-pyrrole nitrogens is 1.